The zero-order valence-electron chi connectivity index (χ0n) is 6.62. The first-order valence-electron chi connectivity index (χ1n) is 4.11. The van der Waals surface area contributed by atoms with Crippen molar-refractivity contribution in [1.82, 2.24) is 0 Å². The largest absolute Gasteiger partial charge is 0.462 e. The van der Waals surface area contributed by atoms with Gasteiger partial charge in [0.2, 0.25) is 0 Å². The fourth-order valence-electron chi connectivity index (χ4n) is 2.00. The molecule has 2 nitrogen and oxygen atoms in total. The molecule has 0 heterocycles. The number of carbonyl (C=O) groups excluding carboxylic acids is 1. The number of allylic oxidation sites excluding steroid dienone is 2. The number of carbonyl (C=O) groups is 1. The van der Waals surface area contributed by atoms with Gasteiger partial charge in [0.1, 0.15) is 6.10 Å². The van der Waals surface area contributed by atoms with Crippen LogP contribution in [-0.2, 0) is 9.53 Å². The molecule has 11 heavy (non-hydrogen) atoms. The van der Waals surface area contributed by atoms with Gasteiger partial charge in [-0.25, -0.2) is 0 Å². The molecule has 1 saturated carbocycles. The molecule has 0 aromatic heterocycles. The zero-order valence-corrected chi connectivity index (χ0v) is 6.62. The summed E-state index contributed by atoms with van der Waals surface area (Å²) in [5.74, 6) is 1.18. The van der Waals surface area contributed by atoms with Crippen LogP contribution in [-0.4, -0.2) is 12.1 Å². The number of rotatable bonds is 1. The number of fused-ring (bicyclic) bond motifs is 1. The Hall–Kier alpha value is -0.790. The summed E-state index contributed by atoms with van der Waals surface area (Å²) in [7, 11) is 0. The molecule has 3 atom stereocenters. The zero-order chi connectivity index (χ0) is 7.84. The lowest BCUT2D eigenvalue weighted by Crippen LogP contribution is -2.40. The maximum Gasteiger partial charge on any atom is 0.302 e. The van der Waals surface area contributed by atoms with Gasteiger partial charge in [-0.1, -0.05) is 12.2 Å². The summed E-state index contributed by atoms with van der Waals surface area (Å²) in [6, 6.07) is 0. The van der Waals surface area contributed by atoms with Crippen LogP contribution in [0.5, 0.6) is 0 Å². The lowest BCUT2D eigenvalue weighted by molar-refractivity contribution is -0.157. The monoisotopic (exact) mass is 152 g/mol. The van der Waals surface area contributed by atoms with E-state index in [0.29, 0.717) is 11.8 Å². The van der Waals surface area contributed by atoms with E-state index < -0.39 is 0 Å². The molecule has 0 aliphatic heterocycles. The molecule has 0 N–H and O–H groups in total. The number of hydrogen-bond acceptors (Lipinski definition) is 2. The molecule has 2 rings (SSSR count). The summed E-state index contributed by atoms with van der Waals surface area (Å²) in [4.78, 5) is 10.6. The minimum absolute atomic E-state index is 0.139. The molecular formula is C9H12O2. The molecule has 60 valence electrons. The first-order valence-corrected chi connectivity index (χ1v) is 4.11. The van der Waals surface area contributed by atoms with Crippen molar-refractivity contribution in [2.24, 2.45) is 11.8 Å². The number of hydrogen-bond donors (Lipinski definition) is 0. The third-order valence-electron chi connectivity index (χ3n) is 2.64. The Morgan fingerprint density at radius 3 is 3.09 bits per heavy atom. The summed E-state index contributed by atoms with van der Waals surface area (Å²) in [6.45, 7) is 1.48. The molecule has 0 bridgehead atoms. The highest BCUT2D eigenvalue weighted by Crippen LogP contribution is 2.44. The average molecular weight is 152 g/mol. The van der Waals surface area contributed by atoms with E-state index in [1.165, 1.54) is 6.92 Å². The Morgan fingerprint density at radius 1 is 1.64 bits per heavy atom. The minimum atomic E-state index is -0.139. The van der Waals surface area contributed by atoms with Crippen molar-refractivity contribution in [3.8, 4) is 0 Å². The van der Waals surface area contributed by atoms with Crippen molar-refractivity contribution >= 4 is 5.97 Å². The second kappa shape index (κ2) is 2.36. The fraction of sp³-hybridized carbons (Fsp3) is 0.667. The number of esters is 1. The Morgan fingerprint density at radius 2 is 2.45 bits per heavy atom. The van der Waals surface area contributed by atoms with Crippen molar-refractivity contribution in [3.63, 3.8) is 0 Å². The van der Waals surface area contributed by atoms with Crippen molar-refractivity contribution in [2.75, 3.05) is 0 Å². The predicted molar refractivity (Wildman–Crippen MR) is 40.9 cm³/mol. The standard InChI is InChI=1S/C9H12O2/c1-6(10)11-9-5-7-3-2-4-8(7)9/h2-3,7-9H,4-5H2,1H3/t7-,8+,9+/m1/s1. The lowest BCUT2D eigenvalue weighted by Gasteiger charge is -2.38. The van der Waals surface area contributed by atoms with Crippen LogP contribution in [0.4, 0.5) is 0 Å². The summed E-state index contributed by atoms with van der Waals surface area (Å²) in [5, 5.41) is 0. The first kappa shape index (κ1) is 6.89. The second-order valence-electron chi connectivity index (χ2n) is 3.38. The Kier molecular flexibility index (Phi) is 1.48. The Labute approximate surface area is 66.2 Å². The summed E-state index contributed by atoms with van der Waals surface area (Å²) >= 11 is 0. The molecule has 0 aromatic rings. The smallest absolute Gasteiger partial charge is 0.302 e. The van der Waals surface area contributed by atoms with Crippen molar-refractivity contribution in [1.29, 1.82) is 0 Å². The van der Waals surface area contributed by atoms with Crippen LogP contribution in [0.15, 0.2) is 12.2 Å². The van der Waals surface area contributed by atoms with E-state index in [4.69, 9.17) is 4.74 Å². The minimum Gasteiger partial charge on any atom is -0.462 e. The maximum absolute atomic E-state index is 10.6. The molecule has 0 unspecified atom stereocenters. The molecule has 2 heteroatoms. The molecule has 0 saturated heterocycles. The van der Waals surface area contributed by atoms with Gasteiger partial charge >= 0.3 is 5.97 Å². The highest BCUT2D eigenvalue weighted by atomic mass is 16.5. The third-order valence-corrected chi connectivity index (χ3v) is 2.64. The summed E-state index contributed by atoms with van der Waals surface area (Å²) < 4.78 is 5.12. The third kappa shape index (κ3) is 1.06. The van der Waals surface area contributed by atoms with Gasteiger partial charge in [-0.2, -0.15) is 0 Å². The van der Waals surface area contributed by atoms with Gasteiger partial charge < -0.3 is 4.74 Å². The van der Waals surface area contributed by atoms with E-state index in [2.05, 4.69) is 12.2 Å². The van der Waals surface area contributed by atoms with Gasteiger partial charge in [-0.3, -0.25) is 4.79 Å². The second-order valence-corrected chi connectivity index (χ2v) is 3.38. The quantitative estimate of drug-likeness (QED) is 0.420. The number of ether oxygens (including phenoxy) is 1. The van der Waals surface area contributed by atoms with Crippen LogP contribution in [0, 0.1) is 11.8 Å². The van der Waals surface area contributed by atoms with Gasteiger partial charge in [0, 0.05) is 12.8 Å². The van der Waals surface area contributed by atoms with Crippen molar-refractivity contribution < 1.29 is 9.53 Å². The molecule has 2 aliphatic rings. The lowest BCUT2D eigenvalue weighted by atomic mass is 9.73. The van der Waals surface area contributed by atoms with Crippen LogP contribution in [0.2, 0.25) is 0 Å². The maximum atomic E-state index is 10.6. The van der Waals surface area contributed by atoms with Crippen LogP contribution in [0.3, 0.4) is 0 Å². The average Bonchev–Trinajstić information content (AvgIpc) is 2.26. The topological polar surface area (TPSA) is 26.3 Å². The van der Waals surface area contributed by atoms with E-state index in [1.54, 1.807) is 0 Å². The molecule has 0 aromatic carbocycles. The van der Waals surface area contributed by atoms with Gasteiger partial charge in [0.25, 0.3) is 0 Å². The van der Waals surface area contributed by atoms with E-state index in [0.717, 1.165) is 12.8 Å². The highest BCUT2D eigenvalue weighted by Gasteiger charge is 2.43. The molecule has 0 spiro atoms. The fourth-order valence-corrected chi connectivity index (χ4v) is 2.00. The van der Waals surface area contributed by atoms with E-state index >= 15 is 0 Å². The van der Waals surface area contributed by atoms with Gasteiger partial charge in [-0.15, -0.1) is 0 Å². The van der Waals surface area contributed by atoms with Gasteiger partial charge in [0.05, 0.1) is 0 Å². The first-order chi connectivity index (χ1) is 5.27. The SMILES string of the molecule is CC(=O)O[C@H]1C[C@H]2C=CC[C@@H]21. The van der Waals surface area contributed by atoms with Gasteiger partial charge in [0.15, 0.2) is 0 Å². The van der Waals surface area contributed by atoms with E-state index in [1.807, 2.05) is 0 Å². The van der Waals surface area contributed by atoms with E-state index in [9.17, 15) is 4.79 Å². The van der Waals surface area contributed by atoms with Crippen LogP contribution in [0.25, 0.3) is 0 Å². The molecule has 2 aliphatic carbocycles. The van der Waals surface area contributed by atoms with Crippen molar-refractivity contribution in [3.05, 3.63) is 12.2 Å². The van der Waals surface area contributed by atoms with Crippen LogP contribution in [0.1, 0.15) is 19.8 Å². The summed E-state index contributed by atoms with van der Waals surface area (Å²) in [6.07, 6.45) is 6.79. The molecule has 1 fully saturated rings. The normalized spacial score (nSPS) is 39.5. The highest BCUT2D eigenvalue weighted by molar-refractivity contribution is 5.66. The molecule has 0 radical (unpaired) electrons. The van der Waals surface area contributed by atoms with Crippen LogP contribution < -0.4 is 0 Å². The molecule has 0 amide bonds. The summed E-state index contributed by atoms with van der Waals surface area (Å²) in [5.41, 5.74) is 0. The predicted octanol–water partition coefficient (Wildman–Crippen LogP) is 1.51. The van der Waals surface area contributed by atoms with E-state index in [-0.39, 0.29) is 12.1 Å². The van der Waals surface area contributed by atoms with Gasteiger partial charge in [-0.05, 0) is 18.8 Å². The Balaban J connectivity index is 1.88. The van der Waals surface area contributed by atoms with Crippen LogP contribution >= 0.6 is 0 Å². The molecular weight excluding hydrogens is 140 g/mol. The Bertz CT molecular complexity index is 208. The van der Waals surface area contributed by atoms with Crippen molar-refractivity contribution in [2.45, 2.75) is 25.9 Å².